The van der Waals surface area contributed by atoms with Gasteiger partial charge in [0.05, 0.1) is 78.3 Å². The number of rotatable bonds is 23. The average molecular weight is 2070 g/mol. The van der Waals surface area contributed by atoms with Gasteiger partial charge in [-0.1, -0.05) is 82.3 Å². The number of nitrogens with zero attached hydrogens (tertiary/aromatic N) is 16. The number of ketones is 4. The lowest BCUT2D eigenvalue weighted by Gasteiger charge is -2.27. The molecule has 5 N–H and O–H groups in total. The lowest BCUT2D eigenvalue weighted by molar-refractivity contribution is -0.138. The Balaban J connectivity index is 0.000000122. The lowest BCUT2D eigenvalue weighted by Crippen LogP contribution is -2.47. The monoisotopic (exact) mass is 2070 g/mol. The second-order valence-electron chi connectivity index (χ2n) is 41.0. The highest BCUT2D eigenvalue weighted by atomic mass is 79.9. The van der Waals surface area contributed by atoms with Crippen molar-refractivity contribution in [1.29, 1.82) is 0 Å². The molecule has 0 radical (unpaired) electrons. The maximum absolute atomic E-state index is 13.7. The number of Topliss-reactive ketones (excluding diaryl/α,β-unsaturated/α-hetero) is 4. The van der Waals surface area contributed by atoms with E-state index in [0.717, 1.165) is 98.5 Å². The first-order valence-electron chi connectivity index (χ1n) is 48.1. The number of carbonyl (C=O) groups is 10. The molecule has 0 spiro atoms. The predicted molar refractivity (Wildman–Crippen MR) is 543 cm³/mol. The summed E-state index contributed by atoms with van der Waals surface area (Å²) in [7, 11) is 1.57. The number of carbonyl (C=O) groups excluding carboxylic acids is 10. The van der Waals surface area contributed by atoms with Gasteiger partial charge in [0.2, 0.25) is 35.4 Å². The fraction of sp³-hybridized carbons (Fsp3) is 0.383. The molecule has 740 valence electrons. The summed E-state index contributed by atoms with van der Waals surface area (Å²) in [4.78, 5) is 206. The molecule has 10 aromatic heterocycles. The molecule has 4 aliphatic carbocycles. The highest BCUT2D eigenvalue weighted by Gasteiger charge is 2.68. The number of aromatic amines is 3. The zero-order chi connectivity index (χ0) is 102. The first-order valence-corrected chi connectivity index (χ1v) is 49.6. The van der Waals surface area contributed by atoms with Gasteiger partial charge in [-0.2, -0.15) is 5.10 Å². The van der Waals surface area contributed by atoms with Gasteiger partial charge < -0.3 is 49.4 Å². The number of benzene rings is 4. The lowest BCUT2D eigenvalue weighted by atomic mass is 9.96. The number of imidazole rings is 1. The minimum Gasteiger partial charge on any atom is -0.497 e. The molecule has 37 heteroatoms. The van der Waals surface area contributed by atoms with Crippen molar-refractivity contribution in [3.05, 3.63) is 249 Å². The number of ether oxygens (including phenoxy) is 1. The number of hydrogen-bond acceptors (Lipinski definition) is 24. The molecule has 14 aromatic rings. The van der Waals surface area contributed by atoms with E-state index >= 15 is 0 Å². The normalized spacial score (nSPS) is 22.5. The standard InChI is InChI=1S/C27H27BrN4O4.C27H29N7O3.C27H28N6O4.C26H25BrN4O3/c1-15-4-5-24(28)31-20(15)10-22(33)21-11-27(2)12-23(27)32(21)25(34)8-16-6-17(9-19(7-16)36-3)18-13-29-26(35)30-14-18;1-13-6-7-14(2)28-25(13)31-26(37)21-10-27(5)11-22(27)34(21)23(36)12-33-20-9-19-18(29-16(4)30-19)8-17(20)24(32-33)15(3)35;1-13-6-7-14(2)28-25(13)30-26(36)20-10-27(5)11-22(27)33(20)23(35)12-32-19-9-18-21(37-16(4)29-18)8-17(19)24(31-32)15(3)34;1-15-6-7-23(27)30-19(15)10-21(32)20-11-26(2)12-22(26)31(20)24(33)9-16-4-3-5-17(8-16)18-13-28-25(34)29-14-18/h4-7,9,13-14,21,23H,8,10-12H2,1-3H3,(H,29,30,35);6-9,21-22,32H,10-12H2,1-5H3,(H,28,31,37);6-9,20,22H,10-12H2,1-5H3,(H,28,30,36);3-8,13-14,20,22H,9-12H2,1-2H3,(H,28,29,34)/t21-,23+,27-;21-,22+,27-;20-,22+,27-;20-,22+,26-/m0000/s1. The molecule has 4 saturated heterocycles. The fourth-order valence-electron chi connectivity index (χ4n) is 21.6. The van der Waals surface area contributed by atoms with Crippen LogP contribution in [0.1, 0.15) is 182 Å². The number of pyridine rings is 4. The molecule has 4 aliphatic heterocycles. The van der Waals surface area contributed by atoms with Crippen LogP contribution >= 0.6 is 31.9 Å². The Kier molecular flexibility index (Phi) is 25.9. The van der Waals surface area contributed by atoms with E-state index in [1.165, 1.54) is 30.9 Å². The predicted octanol–water partition coefficient (Wildman–Crippen LogP) is 14.5. The Morgan fingerprint density at radius 3 is 1.43 bits per heavy atom. The smallest absolute Gasteiger partial charge is 0.344 e. The number of methoxy groups -OCH3 is 1. The number of piperidine rings is 4. The van der Waals surface area contributed by atoms with Crippen molar-refractivity contribution in [2.24, 2.45) is 21.7 Å². The number of likely N-dealkylation sites (tertiary alicyclic amines) is 4. The van der Waals surface area contributed by atoms with Crippen LogP contribution in [0, 0.1) is 77.0 Å². The molecule has 8 fully saturated rings. The second kappa shape index (κ2) is 37.9. The van der Waals surface area contributed by atoms with Crippen LogP contribution in [-0.4, -0.2) is 208 Å². The van der Waals surface area contributed by atoms with Gasteiger partial charge in [0.25, 0.3) is 0 Å². The van der Waals surface area contributed by atoms with Crippen LogP contribution < -0.4 is 26.7 Å². The van der Waals surface area contributed by atoms with E-state index in [1.807, 2.05) is 161 Å². The topological polar surface area (TPSA) is 450 Å². The molecule has 35 nitrogen and oxygen atoms in total. The first-order chi connectivity index (χ1) is 68.5. The molecule has 6 amide bonds. The van der Waals surface area contributed by atoms with Crippen molar-refractivity contribution in [2.75, 3.05) is 17.7 Å². The van der Waals surface area contributed by atoms with Crippen LogP contribution in [0.4, 0.5) is 11.6 Å². The number of aromatic nitrogens is 15. The summed E-state index contributed by atoms with van der Waals surface area (Å²) in [6, 6.07) is 33.8. The van der Waals surface area contributed by atoms with Gasteiger partial charge in [-0.3, -0.25) is 62.4 Å². The highest BCUT2D eigenvalue weighted by Crippen LogP contribution is 2.63. The average Bonchev–Trinajstić information content (AvgIpc) is 1.55. The van der Waals surface area contributed by atoms with Gasteiger partial charge >= 0.3 is 11.4 Å². The number of halogens is 2. The number of H-pyrrole nitrogens is 3. The van der Waals surface area contributed by atoms with Crippen LogP contribution in [0.15, 0.2) is 163 Å². The van der Waals surface area contributed by atoms with Crippen LogP contribution in [0.3, 0.4) is 0 Å². The van der Waals surface area contributed by atoms with Gasteiger partial charge in [-0.05, 0) is 259 Å². The third kappa shape index (κ3) is 19.7. The van der Waals surface area contributed by atoms with Crippen molar-refractivity contribution < 1.29 is 57.1 Å². The number of anilines is 2. The maximum atomic E-state index is 13.7. The Morgan fingerprint density at radius 2 is 0.931 bits per heavy atom. The van der Waals surface area contributed by atoms with Crippen molar-refractivity contribution in [3.63, 3.8) is 0 Å². The summed E-state index contributed by atoms with van der Waals surface area (Å²) >= 11 is 6.77. The molecule has 22 rings (SSSR count). The molecule has 8 aliphatic rings. The van der Waals surface area contributed by atoms with Gasteiger partial charge in [-0.15, -0.1) is 0 Å². The summed E-state index contributed by atoms with van der Waals surface area (Å²) in [5.41, 5.74) is 15.2. The second-order valence-corrected chi connectivity index (χ2v) is 42.6. The molecule has 0 bridgehead atoms. The number of amides is 6. The van der Waals surface area contributed by atoms with Crippen LogP contribution in [0.2, 0.25) is 0 Å². The fourth-order valence-corrected chi connectivity index (χ4v) is 22.3. The summed E-state index contributed by atoms with van der Waals surface area (Å²) in [6.45, 7) is 26.4. The Labute approximate surface area is 844 Å². The SMILES string of the molecule is CC(=O)c1[nH]n(CC(=O)N2[C@H](C(=O)Nc3nc(C)ccc3C)C[C@@]3(C)C[C@@H]23)c2cc3nc(C)nc3cc12.CC(=O)c1nn(CC(=O)N2[C@H](C(=O)Nc3nc(C)ccc3C)C[C@@]3(C)C[C@@H]23)c2cc3nc(C)oc3cc12.COc1cc(CC(=O)N2[C@H](C(=O)Cc3nc(Br)ccc3C)C[C@@]3(C)C[C@@H]23)cc(-c2cnc(=O)[nH]c2)c1.Cc1ccc(Br)nc1CC(=O)[C@@H]1C[C@@]2(C)C[C@H]2N1C(=O)Cc1cccc(-c2cnc(=O)[nH]c2)c1. The minimum absolute atomic E-state index is 0.00122. The molecular formula is C107H109Br2N21O14. The van der Waals surface area contributed by atoms with Crippen LogP contribution in [0.5, 0.6) is 5.75 Å². The molecule has 12 atom stereocenters. The Hall–Kier alpha value is -14.6. The van der Waals surface area contributed by atoms with Crippen molar-refractivity contribution in [2.45, 2.75) is 235 Å². The third-order valence-corrected chi connectivity index (χ3v) is 30.8. The Morgan fingerprint density at radius 1 is 0.458 bits per heavy atom. The molecular weight excluding hydrogens is 1960 g/mol. The summed E-state index contributed by atoms with van der Waals surface area (Å²) in [6.07, 6.45) is 13.2. The highest BCUT2D eigenvalue weighted by molar-refractivity contribution is 9.10. The number of hydrogen-bond donors (Lipinski definition) is 5. The van der Waals surface area contributed by atoms with Gasteiger partial charge in [0.1, 0.15) is 74.5 Å². The van der Waals surface area contributed by atoms with E-state index in [1.54, 1.807) is 53.0 Å². The zero-order valence-electron chi connectivity index (χ0n) is 82.4. The van der Waals surface area contributed by atoms with E-state index in [2.05, 4.69) is 135 Å². The molecule has 4 aromatic carbocycles. The Bertz CT molecular complexity index is 7570. The van der Waals surface area contributed by atoms with Gasteiger partial charge in [-0.25, -0.2) is 54.4 Å². The first kappa shape index (κ1) is 98.2. The van der Waals surface area contributed by atoms with Crippen molar-refractivity contribution >= 4 is 146 Å². The summed E-state index contributed by atoms with van der Waals surface area (Å²) < 4.78 is 15.7. The van der Waals surface area contributed by atoms with Crippen molar-refractivity contribution in [1.82, 2.24) is 94.0 Å². The number of fused-ring (bicyclic) bond motifs is 8. The van der Waals surface area contributed by atoms with E-state index < -0.39 is 35.5 Å². The third-order valence-electron chi connectivity index (χ3n) is 30.0. The maximum Gasteiger partial charge on any atom is 0.344 e. The van der Waals surface area contributed by atoms with E-state index in [0.29, 0.717) is 119 Å². The van der Waals surface area contributed by atoms with E-state index in [-0.39, 0.29) is 149 Å². The number of oxazole rings is 1. The van der Waals surface area contributed by atoms with E-state index in [4.69, 9.17) is 9.15 Å². The van der Waals surface area contributed by atoms with Crippen molar-refractivity contribution in [3.8, 4) is 28.0 Å². The summed E-state index contributed by atoms with van der Waals surface area (Å²) in [5.74, 6) is 1.58. The van der Waals surface area contributed by atoms with Crippen LogP contribution in [0.25, 0.3) is 66.2 Å². The quantitative estimate of drug-likeness (QED) is 0.0293. The summed E-state index contributed by atoms with van der Waals surface area (Å²) in [5, 5.41) is 14.8. The number of aryl methyl sites for hydroxylation is 8. The minimum atomic E-state index is -0.600. The zero-order valence-corrected chi connectivity index (χ0v) is 85.6. The molecule has 0 unspecified atom stereocenters. The van der Waals surface area contributed by atoms with Gasteiger partial charge in [0, 0.05) is 103 Å². The molecule has 4 saturated carbocycles. The molecule has 14 heterocycles. The molecule has 144 heavy (non-hydrogen) atoms. The van der Waals surface area contributed by atoms with E-state index in [9.17, 15) is 57.5 Å². The largest absolute Gasteiger partial charge is 0.497 e. The number of nitrogens with one attached hydrogen (secondary N) is 5. The van der Waals surface area contributed by atoms with Gasteiger partial charge in [0.15, 0.2) is 34.6 Å². The van der Waals surface area contributed by atoms with Crippen LogP contribution in [-0.2, 0) is 77.1 Å².